The number of carboxylic acid groups (broad SMARTS) is 2. The summed E-state index contributed by atoms with van der Waals surface area (Å²) in [7, 11) is 0. The van der Waals surface area contributed by atoms with Gasteiger partial charge in [0.1, 0.15) is 6.54 Å². The van der Waals surface area contributed by atoms with Crippen LogP contribution >= 0.6 is 11.6 Å². The van der Waals surface area contributed by atoms with Gasteiger partial charge in [-0.05, 0) is 18.2 Å². The molecule has 3 N–H and O–H groups in total. The Morgan fingerprint density at radius 1 is 1.05 bits per heavy atom. The van der Waals surface area contributed by atoms with E-state index in [2.05, 4.69) is 5.32 Å². The fourth-order valence-electron chi connectivity index (χ4n) is 1.99. The molecule has 0 saturated carbocycles. The van der Waals surface area contributed by atoms with Gasteiger partial charge in [0.15, 0.2) is 0 Å². The van der Waals surface area contributed by atoms with E-state index in [1.807, 2.05) is 0 Å². The second kappa shape index (κ2) is 5.80. The second-order valence-electron chi connectivity index (χ2n) is 4.20. The molecule has 21 heavy (non-hydrogen) atoms. The monoisotopic (exact) mass is 307 g/mol. The maximum absolute atomic E-state index is 12.0. The third-order valence-electron chi connectivity index (χ3n) is 2.86. The van der Waals surface area contributed by atoms with Gasteiger partial charge in [-0.15, -0.1) is 0 Å². The molecular weight excluding hydrogens is 298 g/mol. The number of halogens is 1. The number of rotatable bonds is 4. The van der Waals surface area contributed by atoms with E-state index in [4.69, 9.17) is 16.7 Å². The van der Waals surface area contributed by atoms with Crippen molar-refractivity contribution in [1.29, 1.82) is 0 Å². The van der Waals surface area contributed by atoms with Crippen molar-refractivity contribution in [2.45, 2.75) is 0 Å². The summed E-state index contributed by atoms with van der Waals surface area (Å²) in [5, 5.41) is 20.9. The Morgan fingerprint density at radius 3 is 2.38 bits per heavy atom. The molecule has 0 spiro atoms. The van der Waals surface area contributed by atoms with Crippen molar-refractivity contribution in [2.24, 2.45) is 0 Å². The molecule has 0 atom stereocenters. The smallest absolute Gasteiger partial charge is 0.336 e. The van der Waals surface area contributed by atoms with Crippen molar-refractivity contribution in [3.8, 4) is 0 Å². The van der Waals surface area contributed by atoms with Gasteiger partial charge in [-0.25, -0.2) is 4.79 Å². The average Bonchev–Trinajstić information content (AvgIpc) is 2.44. The number of nitrogens with one attached hydrogen (secondary N) is 1. The van der Waals surface area contributed by atoms with Crippen LogP contribution in [0, 0.1) is 0 Å². The molecule has 1 amide bonds. The Kier molecular flexibility index (Phi) is 4.09. The highest BCUT2D eigenvalue weighted by Gasteiger charge is 2.18. The van der Waals surface area contributed by atoms with Crippen LogP contribution in [0.25, 0.3) is 10.8 Å². The first-order valence-electron chi connectivity index (χ1n) is 5.86. The standard InChI is InChI=1S/C14H10ClNO5/c15-10-5-4-8(13(19)16-6-11(17)18)12-7(10)2-1-3-9(12)14(20)21/h1-5H,6H2,(H,16,19)(H,17,18)(H,20,21). The number of fused-ring (bicyclic) bond motifs is 1. The maximum atomic E-state index is 12.0. The van der Waals surface area contributed by atoms with E-state index in [1.165, 1.54) is 24.3 Å². The van der Waals surface area contributed by atoms with E-state index in [0.29, 0.717) is 10.4 Å². The first kappa shape index (κ1) is 14.8. The SMILES string of the molecule is O=C(O)CNC(=O)c1ccc(Cl)c2cccc(C(=O)O)c12. The summed E-state index contributed by atoms with van der Waals surface area (Å²) in [5.74, 6) is -3.07. The molecule has 2 aromatic rings. The van der Waals surface area contributed by atoms with Gasteiger partial charge < -0.3 is 15.5 Å². The summed E-state index contributed by atoms with van der Waals surface area (Å²) < 4.78 is 0. The Bertz CT molecular complexity index is 756. The zero-order chi connectivity index (χ0) is 15.6. The highest BCUT2D eigenvalue weighted by Crippen LogP contribution is 2.29. The highest BCUT2D eigenvalue weighted by molar-refractivity contribution is 6.36. The fourth-order valence-corrected chi connectivity index (χ4v) is 2.21. The van der Waals surface area contributed by atoms with E-state index in [9.17, 15) is 19.5 Å². The lowest BCUT2D eigenvalue weighted by molar-refractivity contribution is -0.135. The van der Waals surface area contributed by atoms with Crippen molar-refractivity contribution in [3.05, 3.63) is 46.5 Å². The molecule has 0 aliphatic carbocycles. The Balaban J connectivity index is 2.63. The zero-order valence-electron chi connectivity index (χ0n) is 10.6. The summed E-state index contributed by atoms with van der Waals surface area (Å²) in [6, 6.07) is 7.31. The van der Waals surface area contributed by atoms with Gasteiger partial charge in [0.2, 0.25) is 0 Å². The van der Waals surface area contributed by atoms with E-state index in [1.54, 1.807) is 6.07 Å². The molecule has 108 valence electrons. The van der Waals surface area contributed by atoms with Crippen molar-refractivity contribution >= 4 is 40.2 Å². The molecule has 0 radical (unpaired) electrons. The van der Waals surface area contributed by atoms with Crippen LogP contribution in [0.3, 0.4) is 0 Å². The summed E-state index contributed by atoms with van der Waals surface area (Å²) in [4.78, 5) is 33.8. The quantitative estimate of drug-likeness (QED) is 0.801. The normalized spacial score (nSPS) is 10.3. The number of carbonyl (C=O) groups excluding carboxylic acids is 1. The molecule has 0 fully saturated rings. The van der Waals surface area contributed by atoms with Crippen LogP contribution in [0.1, 0.15) is 20.7 Å². The van der Waals surface area contributed by atoms with Crippen molar-refractivity contribution in [1.82, 2.24) is 5.32 Å². The molecule has 0 saturated heterocycles. The lowest BCUT2D eigenvalue weighted by Gasteiger charge is -2.10. The van der Waals surface area contributed by atoms with E-state index >= 15 is 0 Å². The fraction of sp³-hybridized carbons (Fsp3) is 0.0714. The van der Waals surface area contributed by atoms with Gasteiger partial charge in [0.25, 0.3) is 5.91 Å². The number of aromatic carboxylic acids is 1. The summed E-state index contributed by atoms with van der Waals surface area (Å²) in [6.45, 7) is -0.557. The number of hydrogen-bond acceptors (Lipinski definition) is 3. The Hall–Kier alpha value is -2.60. The number of carboxylic acids is 2. The third-order valence-corrected chi connectivity index (χ3v) is 3.19. The number of carbonyl (C=O) groups is 3. The van der Waals surface area contributed by atoms with Gasteiger partial charge >= 0.3 is 11.9 Å². The molecule has 7 heteroatoms. The van der Waals surface area contributed by atoms with Crippen LogP contribution in [0.5, 0.6) is 0 Å². The topological polar surface area (TPSA) is 104 Å². The molecule has 0 bridgehead atoms. The Labute approximate surface area is 123 Å². The second-order valence-corrected chi connectivity index (χ2v) is 4.61. The minimum atomic E-state index is -1.20. The number of hydrogen-bond donors (Lipinski definition) is 3. The maximum Gasteiger partial charge on any atom is 0.336 e. The minimum absolute atomic E-state index is 0.0636. The third kappa shape index (κ3) is 2.95. The average molecular weight is 308 g/mol. The van der Waals surface area contributed by atoms with E-state index in [0.717, 1.165) is 0 Å². The van der Waals surface area contributed by atoms with Crippen molar-refractivity contribution in [2.75, 3.05) is 6.54 Å². The molecule has 0 unspecified atom stereocenters. The molecule has 2 rings (SSSR count). The lowest BCUT2D eigenvalue weighted by Crippen LogP contribution is -2.29. The molecule has 0 aliphatic heterocycles. The zero-order valence-corrected chi connectivity index (χ0v) is 11.3. The molecular formula is C14H10ClNO5. The number of benzene rings is 2. The van der Waals surface area contributed by atoms with Crippen LogP contribution < -0.4 is 5.32 Å². The molecule has 0 heterocycles. The van der Waals surface area contributed by atoms with Crippen LogP contribution in [0.15, 0.2) is 30.3 Å². The van der Waals surface area contributed by atoms with Gasteiger partial charge in [0.05, 0.1) is 5.56 Å². The number of amides is 1. The first-order valence-corrected chi connectivity index (χ1v) is 6.24. The Morgan fingerprint density at radius 2 is 1.76 bits per heavy atom. The predicted octanol–water partition coefficient (Wildman–Crippen LogP) is 2.01. The first-order chi connectivity index (χ1) is 9.91. The van der Waals surface area contributed by atoms with Gasteiger partial charge in [-0.2, -0.15) is 0 Å². The van der Waals surface area contributed by atoms with Crippen LogP contribution in [-0.4, -0.2) is 34.6 Å². The summed E-state index contributed by atoms with van der Waals surface area (Å²) in [6.07, 6.45) is 0. The summed E-state index contributed by atoms with van der Waals surface area (Å²) in [5.41, 5.74) is -0.0101. The molecule has 6 nitrogen and oxygen atoms in total. The van der Waals surface area contributed by atoms with Gasteiger partial charge in [-0.1, -0.05) is 23.7 Å². The number of aliphatic carboxylic acids is 1. The van der Waals surface area contributed by atoms with Crippen LogP contribution in [0.2, 0.25) is 5.02 Å². The molecule has 0 aliphatic rings. The predicted molar refractivity (Wildman–Crippen MR) is 75.9 cm³/mol. The van der Waals surface area contributed by atoms with E-state index < -0.39 is 24.4 Å². The largest absolute Gasteiger partial charge is 0.480 e. The molecule has 2 aromatic carbocycles. The van der Waals surface area contributed by atoms with Gasteiger partial charge in [0, 0.05) is 21.4 Å². The molecule has 0 aromatic heterocycles. The lowest BCUT2D eigenvalue weighted by atomic mass is 9.98. The van der Waals surface area contributed by atoms with E-state index in [-0.39, 0.29) is 16.5 Å². The van der Waals surface area contributed by atoms with Crippen molar-refractivity contribution < 1.29 is 24.6 Å². The van der Waals surface area contributed by atoms with Crippen LogP contribution in [-0.2, 0) is 4.79 Å². The van der Waals surface area contributed by atoms with Crippen molar-refractivity contribution in [3.63, 3.8) is 0 Å². The highest BCUT2D eigenvalue weighted by atomic mass is 35.5. The minimum Gasteiger partial charge on any atom is -0.480 e. The van der Waals surface area contributed by atoms with Gasteiger partial charge in [-0.3, -0.25) is 9.59 Å². The van der Waals surface area contributed by atoms with Crippen LogP contribution in [0.4, 0.5) is 0 Å². The summed E-state index contributed by atoms with van der Waals surface area (Å²) >= 11 is 6.02.